The zero-order valence-electron chi connectivity index (χ0n) is 15.3. The minimum Gasteiger partial charge on any atom is -0.480 e. The van der Waals surface area contributed by atoms with Gasteiger partial charge in [-0.05, 0) is 47.3 Å². The summed E-state index contributed by atoms with van der Waals surface area (Å²) in [4.78, 5) is 35.3. The molecule has 1 atom stereocenters. The van der Waals surface area contributed by atoms with Crippen LogP contribution in [0.2, 0.25) is 0 Å². The van der Waals surface area contributed by atoms with E-state index in [9.17, 15) is 19.5 Å². The summed E-state index contributed by atoms with van der Waals surface area (Å²) >= 11 is 5.21. The Labute approximate surface area is 173 Å². The molecule has 1 unspecified atom stereocenters. The number of carbonyl (C=O) groups is 3. The standard InChI is InChI=1S/C20H22N2O4S2/c1-28-10-9-17(19(24)25)22-18(23)15-8-7-13(12-21-20(26)27)11-16(15)14-5-3-2-4-6-14/h2-8,11,17H,9-10,12H2,1H3,(H,22,23)(H,24,25)(H2,21,26,27). The first-order chi connectivity index (χ1) is 13.4. The highest BCUT2D eigenvalue weighted by molar-refractivity contribution is 7.98. The summed E-state index contributed by atoms with van der Waals surface area (Å²) in [7, 11) is 0. The fraction of sp³-hybridized carbons (Fsp3) is 0.250. The number of nitrogens with one attached hydrogen (secondary N) is 2. The Morgan fingerprint density at radius 1 is 1.14 bits per heavy atom. The number of thioether (sulfide) groups is 1. The van der Waals surface area contributed by atoms with Gasteiger partial charge in [-0.1, -0.05) is 49.0 Å². The summed E-state index contributed by atoms with van der Waals surface area (Å²) in [5.41, 5.74) is 2.67. The van der Waals surface area contributed by atoms with Crippen LogP contribution < -0.4 is 10.6 Å². The first kappa shape index (κ1) is 21.8. The highest BCUT2D eigenvalue weighted by Gasteiger charge is 2.22. The summed E-state index contributed by atoms with van der Waals surface area (Å²) < 4.78 is 0. The third-order valence-electron chi connectivity index (χ3n) is 4.07. The molecule has 8 heteroatoms. The van der Waals surface area contributed by atoms with Crippen molar-refractivity contribution in [1.29, 1.82) is 0 Å². The first-order valence-corrected chi connectivity index (χ1v) is 10.4. The largest absolute Gasteiger partial charge is 0.480 e. The molecule has 0 heterocycles. The van der Waals surface area contributed by atoms with Crippen LogP contribution in [0.5, 0.6) is 0 Å². The van der Waals surface area contributed by atoms with Gasteiger partial charge >= 0.3 is 5.97 Å². The van der Waals surface area contributed by atoms with Crippen LogP contribution in [0, 0.1) is 0 Å². The van der Waals surface area contributed by atoms with Crippen LogP contribution in [0.3, 0.4) is 0 Å². The molecule has 0 aliphatic carbocycles. The van der Waals surface area contributed by atoms with Gasteiger partial charge in [0, 0.05) is 12.1 Å². The SMILES string of the molecule is CSCCC(NC(=O)c1ccc(CNC(=O)S)cc1-c1ccccc1)C(=O)O. The number of thiol groups is 1. The molecule has 2 rings (SSSR count). The molecule has 3 N–H and O–H groups in total. The zero-order valence-corrected chi connectivity index (χ0v) is 17.1. The van der Waals surface area contributed by atoms with Gasteiger partial charge in [-0.25, -0.2) is 4.79 Å². The molecule has 0 aliphatic heterocycles. The molecular formula is C20H22N2O4S2. The lowest BCUT2D eigenvalue weighted by molar-refractivity contribution is -0.139. The molecule has 0 spiro atoms. The van der Waals surface area contributed by atoms with E-state index >= 15 is 0 Å². The van der Waals surface area contributed by atoms with Gasteiger partial charge in [0.05, 0.1) is 0 Å². The summed E-state index contributed by atoms with van der Waals surface area (Å²) in [6, 6.07) is 13.6. The van der Waals surface area contributed by atoms with Gasteiger partial charge in [-0.15, -0.1) is 0 Å². The van der Waals surface area contributed by atoms with Gasteiger partial charge in [-0.3, -0.25) is 9.59 Å². The fourth-order valence-electron chi connectivity index (χ4n) is 2.66. The van der Waals surface area contributed by atoms with Crippen molar-refractivity contribution in [2.45, 2.75) is 19.0 Å². The third-order valence-corrected chi connectivity index (χ3v) is 4.87. The Morgan fingerprint density at radius 2 is 1.86 bits per heavy atom. The number of hydrogen-bond donors (Lipinski definition) is 4. The van der Waals surface area contributed by atoms with Crippen LogP contribution in [0.4, 0.5) is 4.79 Å². The predicted octanol–water partition coefficient (Wildman–Crippen LogP) is 3.43. The van der Waals surface area contributed by atoms with Crippen molar-refractivity contribution in [3.05, 3.63) is 59.7 Å². The smallest absolute Gasteiger partial charge is 0.326 e. The van der Waals surface area contributed by atoms with E-state index in [2.05, 4.69) is 23.3 Å². The van der Waals surface area contributed by atoms with E-state index in [0.717, 1.165) is 11.1 Å². The predicted molar refractivity (Wildman–Crippen MR) is 115 cm³/mol. The quantitative estimate of drug-likeness (QED) is 0.468. The Balaban J connectivity index is 2.34. The lowest BCUT2D eigenvalue weighted by Crippen LogP contribution is -2.41. The lowest BCUT2D eigenvalue weighted by atomic mass is 9.96. The highest BCUT2D eigenvalue weighted by Crippen LogP contribution is 2.25. The second-order valence-corrected chi connectivity index (χ2v) is 7.44. The number of amides is 2. The molecule has 0 saturated heterocycles. The Hall–Kier alpha value is -2.45. The van der Waals surface area contributed by atoms with E-state index in [1.807, 2.05) is 42.7 Å². The lowest BCUT2D eigenvalue weighted by Gasteiger charge is -2.17. The molecule has 0 bridgehead atoms. The highest BCUT2D eigenvalue weighted by atomic mass is 32.2. The van der Waals surface area contributed by atoms with E-state index in [1.165, 1.54) is 11.8 Å². The summed E-state index contributed by atoms with van der Waals surface area (Å²) in [5, 5.41) is 14.2. The molecule has 2 amide bonds. The van der Waals surface area contributed by atoms with Crippen LogP contribution in [-0.4, -0.2) is 40.3 Å². The van der Waals surface area contributed by atoms with E-state index in [1.54, 1.807) is 12.1 Å². The molecule has 0 aromatic heterocycles. The monoisotopic (exact) mass is 418 g/mol. The van der Waals surface area contributed by atoms with Crippen molar-refractivity contribution in [1.82, 2.24) is 10.6 Å². The third kappa shape index (κ3) is 6.31. The number of aliphatic carboxylic acids is 1. The van der Waals surface area contributed by atoms with Gasteiger partial charge < -0.3 is 15.7 Å². The van der Waals surface area contributed by atoms with E-state index in [4.69, 9.17) is 0 Å². The maximum atomic E-state index is 12.8. The van der Waals surface area contributed by atoms with Crippen molar-refractivity contribution in [3.8, 4) is 11.1 Å². The molecule has 148 valence electrons. The molecule has 0 aliphatic rings. The maximum Gasteiger partial charge on any atom is 0.326 e. The molecule has 0 radical (unpaired) electrons. The average molecular weight is 419 g/mol. The molecule has 28 heavy (non-hydrogen) atoms. The number of carboxylic acid groups (broad SMARTS) is 1. The van der Waals surface area contributed by atoms with E-state index in [-0.39, 0.29) is 6.54 Å². The number of rotatable bonds is 9. The fourth-order valence-corrected chi connectivity index (χ4v) is 3.21. The molecule has 0 fully saturated rings. The molecule has 6 nitrogen and oxygen atoms in total. The minimum atomic E-state index is -1.06. The molecule has 0 saturated carbocycles. The van der Waals surface area contributed by atoms with Crippen molar-refractivity contribution < 1.29 is 19.5 Å². The Bertz CT molecular complexity index is 843. The van der Waals surface area contributed by atoms with Crippen molar-refractivity contribution in [2.24, 2.45) is 0 Å². The second-order valence-electron chi connectivity index (χ2n) is 6.05. The van der Waals surface area contributed by atoms with Crippen LogP contribution in [-0.2, 0) is 11.3 Å². The van der Waals surface area contributed by atoms with Crippen LogP contribution in [0.25, 0.3) is 11.1 Å². The topological polar surface area (TPSA) is 95.5 Å². The van der Waals surface area contributed by atoms with Gasteiger partial charge in [0.2, 0.25) is 0 Å². The second kappa shape index (κ2) is 10.8. The molecule has 2 aromatic carbocycles. The van der Waals surface area contributed by atoms with E-state index < -0.39 is 23.2 Å². The van der Waals surface area contributed by atoms with Crippen LogP contribution >= 0.6 is 24.4 Å². The summed E-state index contributed by atoms with van der Waals surface area (Å²) in [6.45, 7) is 0.273. The zero-order chi connectivity index (χ0) is 20.5. The van der Waals surface area contributed by atoms with E-state index in [0.29, 0.717) is 23.3 Å². The normalized spacial score (nSPS) is 11.5. The van der Waals surface area contributed by atoms with Gasteiger partial charge in [0.15, 0.2) is 0 Å². The number of carbonyl (C=O) groups excluding carboxylic acids is 2. The van der Waals surface area contributed by atoms with Gasteiger partial charge in [-0.2, -0.15) is 11.8 Å². The first-order valence-electron chi connectivity index (χ1n) is 8.60. The maximum absolute atomic E-state index is 12.8. The number of benzene rings is 2. The Morgan fingerprint density at radius 3 is 2.46 bits per heavy atom. The molecule has 2 aromatic rings. The van der Waals surface area contributed by atoms with Crippen molar-refractivity contribution in [3.63, 3.8) is 0 Å². The number of carboxylic acids is 1. The van der Waals surface area contributed by atoms with Crippen LogP contribution in [0.1, 0.15) is 22.3 Å². The summed E-state index contributed by atoms with van der Waals surface area (Å²) in [6.07, 6.45) is 2.23. The summed E-state index contributed by atoms with van der Waals surface area (Å²) in [5.74, 6) is -0.876. The number of hydrogen-bond acceptors (Lipinski definition) is 4. The molecular weight excluding hydrogens is 396 g/mol. The van der Waals surface area contributed by atoms with Gasteiger partial charge in [0.1, 0.15) is 6.04 Å². The van der Waals surface area contributed by atoms with Crippen LogP contribution in [0.15, 0.2) is 48.5 Å². The average Bonchev–Trinajstić information content (AvgIpc) is 2.69. The van der Waals surface area contributed by atoms with Crippen molar-refractivity contribution >= 4 is 41.5 Å². The van der Waals surface area contributed by atoms with Crippen molar-refractivity contribution in [2.75, 3.05) is 12.0 Å². The van der Waals surface area contributed by atoms with Gasteiger partial charge in [0.25, 0.3) is 11.1 Å². The minimum absolute atomic E-state index is 0.273. The Kier molecular flexibility index (Phi) is 8.41.